The molecule has 0 aromatic heterocycles. The number of ether oxygens (including phenoxy) is 1. The van der Waals surface area contributed by atoms with Gasteiger partial charge in [0.1, 0.15) is 0 Å². The van der Waals surface area contributed by atoms with E-state index in [0.29, 0.717) is 6.61 Å². The van der Waals surface area contributed by atoms with E-state index in [-0.39, 0.29) is 11.9 Å². The highest BCUT2D eigenvalue weighted by molar-refractivity contribution is 5.72. The normalized spacial score (nSPS) is 25.4. The molecule has 0 aromatic rings. The fraction of sp³-hybridized carbons (Fsp3) is 0.929. The summed E-state index contributed by atoms with van der Waals surface area (Å²) < 4.78 is 5.28. The Labute approximate surface area is 99.8 Å². The predicted molar refractivity (Wildman–Crippen MR) is 66.2 cm³/mol. The average Bonchev–Trinajstić information content (AvgIpc) is 2.30. The minimum absolute atomic E-state index is 0.0587. The van der Waals surface area contributed by atoms with Crippen LogP contribution in [0.5, 0.6) is 0 Å². The summed E-state index contributed by atoms with van der Waals surface area (Å²) >= 11 is 0. The molecule has 0 saturated heterocycles. The van der Waals surface area contributed by atoms with Crippen molar-refractivity contribution in [1.82, 2.24) is 0 Å². The Hall–Kier alpha value is -0.530. The second-order valence-electron chi connectivity index (χ2n) is 5.03. The number of hydrogen-bond donors (Lipinski definition) is 0. The number of rotatable bonds is 6. The van der Waals surface area contributed by atoms with Crippen LogP contribution in [0.25, 0.3) is 0 Å². The summed E-state index contributed by atoms with van der Waals surface area (Å²) in [5.74, 6) is 1.12. The molecule has 1 aliphatic rings. The Morgan fingerprint density at radius 3 is 2.38 bits per heavy atom. The predicted octanol–water partition coefficient (Wildman–Crippen LogP) is 3.94. The summed E-state index contributed by atoms with van der Waals surface area (Å²) in [5.41, 5.74) is 0. The molecule has 0 unspecified atom stereocenters. The summed E-state index contributed by atoms with van der Waals surface area (Å²) in [7, 11) is 0. The maximum atomic E-state index is 11.7. The van der Waals surface area contributed by atoms with E-state index in [2.05, 4.69) is 13.8 Å². The minimum atomic E-state index is 0.0587. The van der Waals surface area contributed by atoms with Crippen molar-refractivity contribution < 1.29 is 9.53 Å². The van der Waals surface area contributed by atoms with Gasteiger partial charge in [0.2, 0.25) is 0 Å². The highest BCUT2D eigenvalue weighted by atomic mass is 16.5. The first kappa shape index (κ1) is 13.5. The molecule has 1 saturated carbocycles. The van der Waals surface area contributed by atoms with Crippen molar-refractivity contribution in [1.29, 1.82) is 0 Å². The monoisotopic (exact) mass is 226 g/mol. The number of hydrogen-bond acceptors (Lipinski definition) is 2. The van der Waals surface area contributed by atoms with Gasteiger partial charge in [-0.05, 0) is 38.0 Å². The number of carbonyl (C=O) groups is 1. The molecule has 0 radical (unpaired) electrons. The van der Waals surface area contributed by atoms with Gasteiger partial charge in [-0.25, -0.2) is 0 Å². The zero-order chi connectivity index (χ0) is 11.8. The van der Waals surface area contributed by atoms with Gasteiger partial charge in [-0.1, -0.05) is 33.1 Å². The largest absolute Gasteiger partial charge is 0.465 e. The van der Waals surface area contributed by atoms with Crippen LogP contribution in [-0.4, -0.2) is 12.6 Å². The first-order valence-electron chi connectivity index (χ1n) is 6.94. The Bertz CT molecular complexity index is 193. The van der Waals surface area contributed by atoms with Gasteiger partial charge < -0.3 is 4.74 Å². The number of unbranched alkanes of at least 4 members (excludes halogenated alkanes) is 1. The lowest BCUT2D eigenvalue weighted by Gasteiger charge is -2.26. The van der Waals surface area contributed by atoms with Gasteiger partial charge in [-0.3, -0.25) is 4.79 Å². The second-order valence-corrected chi connectivity index (χ2v) is 5.03. The molecule has 0 aromatic carbocycles. The Balaban J connectivity index is 2.17. The molecule has 1 aliphatic carbocycles. The summed E-state index contributed by atoms with van der Waals surface area (Å²) in [6.07, 6.45) is 9.25. The van der Waals surface area contributed by atoms with Gasteiger partial charge in [-0.15, -0.1) is 0 Å². The van der Waals surface area contributed by atoms with Crippen molar-refractivity contribution in [2.45, 2.75) is 65.2 Å². The first-order valence-corrected chi connectivity index (χ1v) is 6.94. The SMILES string of the molecule is CCCCOC(=O)C1CCC(CCC)CC1. The molecule has 0 bridgehead atoms. The van der Waals surface area contributed by atoms with Crippen molar-refractivity contribution in [2.24, 2.45) is 11.8 Å². The molecule has 16 heavy (non-hydrogen) atoms. The summed E-state index contributed by atoms with van der Waals surface area (Å²) in [4.78, 5) is 11.7. The van der Waals surface area contributed by atoms with E-state index in [1.54, 1.807) is 0 Å². The molecule has 1 fully saturated rings. The fourth-order valence-corrected chi connectivity index (χ4v) is 2.53. The maximum Gasteiger partial charge on any atom is 0.308 e. The first-order chi connectivity index (χ1) is 7.77. The minimum Gasteiger partial charge on any atom is -0.465 e. The van der Waals surface area contributed by atoms with Gasteiger partial charge in [0.15, 0.2) is 0 Å². The Morgan fingerprint density at radius 1 is 1.12 bits per heavy atom. The Kier molecular flexibility index (Phi) is 6.51. The fourth-order valence-electron chi connectivity index (χ4n) is 2.53. The third-order valence-corrected chi connectivity index (χ3v) is 3.62. The molecule has 0 spiro atoms. The van der Waals surface area contributed by atoms with Crippen molar-refractivity contribution in [2.75, 3.05) is 6.61 Å². The number of esters is 1. The summed E-state index contributed by atoms with van der Waals surface area (Å²) in [6, 6.07) is 0. The Morgan fingerprint density at radius 2 is 1.81 bits per heavy atom. The van der Waals surface area contributed by atoms with Gasteiger partial charge in [0.25, 0.3) is 0 Å². The van der Waals surface area contributed by atoms with E-state index in [1.807, 2.05) is 0 Å². The lowest BCUT2D eigenvalue weighted by molar-refractivity contribution is -0.150. The molecular weight excluding hydrogens is 200 g/mol. The highest BCUT2D eigenvalue weighted by Crippen LogP contribution is 2.32. The van der Waals surface area contributed by atoms with Crippen LogP contribution in [0.3, 0.4) is 0 Å². The standard InChI is InChI=1S/C14H26O2/c1-3-5-11-16-14(15)13-9-7-12(6-4-2)8-10-13/h12-13H,3-11H2,1-2H3. The van der Waals surface area contributed by atoms with Crippen LogP contribution in [-0.2, 0) is 9.53 Å². The van der Waals surface area contributed by atoms with Crippen molar-refractivity contribution >= 4 is 5.97 Å². The highest BCUT2D eigenvalue weighted by Gasteiger charge is 2.26. The van der Waals surface area contributed by atoms with Crippen LogP contribution in [0.4, 0.5) is 0 Å². The molecule has 2 nitrogen and oxygen atoms in total. The molecule has 0 N–H and O–H groups in total. The zero-order valence-electron chi connectivity index (χ0n) is 10.8. The molecule has 94 valence electrons. The van der Waals surface area contributed by atoms with Crippen molar-refractivity contribution in [3.8, 4) is 0 Å². The van der Waals surface area contributed by atoms with Crippen molar-refractivity contribution in [3.05, 3.63) is 0 Å². The molecule has 2 heteroatoms. The molecular formula is C14H26O2. The molecule has 1 rings (SSSR count). The van der Waals surface area contributed by atoms with E-state index in [4.69, 9.17) is 4.74 Å². The van der Waals surface area contributed by atoms with Crippen LogP contribution in [0.1, 0.15) is 65.2 Å². The lowest BCUT2D eigenvalue weighted by Crippen LogP contribution is -2.24. The molecule has 0 amide bonds. The maximum absolute atomic E-state index is 11.7. The quantitative estimate of drug-likeness (QED) is 0.506. The van der Waals surface area contributed by atoms with Crippen LogP contribution < -0.4 is 0 Å². The van der Waals surface area contributed by atoms with E-state index in [9.17, 15) is 4.79 Å². The van der Waals surface area contributed by atoms with Crippen LogP contribution in [0.2, 0.25) is 0 Å². The van der Waals surface area contributed by atoms with Gasteiger partial charge in [-0.2, -0.15) is 0 Å². The third kappa shape index (κ3) is 4.54. The molecule has 0 heterocycles. The second kappa shape index (κ2) is 7.70. The van der Waals surface area contributed by atoms with Gasteiger partial charge >= 0.3 is 5.97 Å². The molecule has 0 aliphatic heterocycles. The topological polar surface area (TPSA) is 26.3 Å². The summed E-state index contributed by atoms with van der Waals surface area (Å²) in [6.45, 7) is 4.97. The van der Waals surface area contributed by atoms with E-state index >= 15 is 0 Å². The van der Waals surface area contributed by atoms with E-state index < -0.39 is 0 Å². The lowest BCUT2D eigenvalue weighted by atomic mass is 9.80. The smallest absolute Gasteiger partial charge is 0.308 e. The summed E-state index contributed by atoms with van der Waals surface area (Å²) in [5, 5.41) is 0. The molecule has 0 atom stereocenters. The van der Waals surface area contributed by atoms with Crippen LogP contribution >= 0.6 is 0 Å². The van der Waals surface area contributed by atoms with Crippen LogP contribution in [0, 0.1) is 11.8 Å². The van der Waals surface area contributed by atoms with Crippen LogP contribution in [0.15, 0.2) is 0 Å². The van der Waals surface area contributed by atoms with E-state index in [0.717, 1.165) is 31.6 Å². The van der Waals surface area contributed by atoms with Crippen molar-refractivity contribution in [3.63, 3.8) is 0 Å². The van der Waals surface area contributed by atoms with Gasteiger partial charge in [0.05, 0.1) is 12.5 Å². The van der Waals surface area contributed by atoms with E-state index in [1.165, 1.54) is 25.7 Å². The zero-order valence-corrected chi connectivity index (χ0v) is 10.8. The average molecular weight is 226 g/mol. The number of carbonyl (C=O) groups excluding carboxylic acids is 1. The van der Waals surface area contributed by atoms with Gasteiger partial charge in [0, 0.05) is 0 Å². The third-order valence-electron chi connectivity index (χ3n) is 3.62.